The van der Waals surface area contributed by atoms with Crippen LogP contribution in [-0.4, -0.2) is 11.4 Å². The van der Waals surface area contributed by atoms with Gasteiger partial charge in [0.2, 0.25) is 0 Å². The molecule has 1 unspecified atom stereocenters. The molecule has 0 radical (unpaired) electrons. The summed E-state index contributed by atoms with van der Waals surface area (Å²) in [4.78, 5) is 12.5. The second kappa shape index (κ2) is 6.42. The predicted octanol–water partition coefficient (Wildman–Crippen LogP) is 4.08. The maximum Gasteiger partial charge on any atom is 0.260 e. The number of benzene rings is 2. The first-order valence-corrected chi connectivity index (χ1v) is 7.84. The van der Waals surface area contributed by atoms with Gasteiger partial charge in [0.05, 0.1) is 10.6 Å². The van der Waals surface area contributed by atoms with Crippen molar-refractivity contribution in [3.8, 4) is 0 Å². The lowest BCUT2D eigenvalue weighted by Gasteiger charge is -2.12. The third-order valence-corrected chi connectivity index (χ3v) is 4.46. The van der Waals surface area contributed by atoms with Gasteiger partial charge < -0.3 is 10.6 Å². The Kier molecular flexibility index (Phi) is 4.36. The molecule has 6 heteroatoms. The van der Waals surface area contributed by atoms with Gasteiger partial charge in [0, 0.05) is 5.02 Å². The number of para-hydroxylation sites is 1. The SMILES string of the molecule is O=C1NC(Nc2ccccc2F)S/C1=C\c1ccccc1Cl. The summed E-state index contributed by atoms with van der Waals surface area (Å²) in [5.74, 6) is -0.570. The Balaban J connectivity index is 1.76. The quantitative estimate of drug-likeness (QED) is 0.831. The second-order valence-electron chi connectivity index (χ2n) is 4.63. The van der Waals surface area contributed by atoms with E-state index >= 15 is 0 Å². The van der Waals surface area contributed by atoms with Gasteiger partial charge in [-0.2, -0.15) is 0 Å². The summed E-state index contributed by atoms with van der Waals surface area (Å²) in [5, 5.41) is 6.28. The van der Waals surface area contributed by atoms with E-state index in [2.05, 4.69) is 10.6 Å². The number of hydrogen-bond acceptors (Lipinski definition) is 3. The molecule has 0 bridgehead atoms. The van der Waals surface area contributed by atoms with Crippen molar-refractivity contribution in [2.45, 2.75) is 5.50 Å². The first-order chi connectivity index (χ1) is 10.6. The van der Waals surface area contributed by atoms with Crippen molar-refractivity contribution >= 4 is 41.0 Å². The summed E-state index contributed by atoms with van der Waals surface area (Å²) in [7, 11) is 0. The fourth-order valence-electron chi connectivity index (χ4n) is 2.02. The molecule has 2 aromatic rings. The molecular formula is C16H12ClFN2OS. The normalized spacial score (nSPS) is 19.3. The van der Waals surface area contributed by atoms with Gasteiger partial charge in [0.15, 0.2) is 5.50 Å². The van der Waals surface area contributed by atoms with Crippen molar-refractivity contribution in [3.63, 3.8) is 0 Å². The Hall–Kier alpha value is -1.98. The number of anilines is 1. The van der Waals surface area contributed by atoms with Crippen LogP contribution in [0.5, 0.6) is 0 Å². The van der Waals surface area contributed by atoms with Crippen LogP contribution < -0.4 is 10.6 Å². The topological polar surface area (TPSA) is 41.1 Å². The van der Waals surface area contributed by atoms with Gasteiger partial charge in [-0.1, -0.05) is 53.7 Å². The molecule has 1 aliphatic rings. The lowest BCUT2D eigenvalue weighted by molar-refractivity contribution is -0.116. The molecule has 2 N–H and O–H groups in total. The summed E-state index contributed by atoms with van der Waals surface area (Å²) < 4.78 is 13.6. The van der Waals surface area contributed by atoms with Crippen LogP contribution in [0.3, 0.4) is 0 Å². The number of carbonyl (C=O) groups is 1. The smallest absolute Gasteiger partial charge is 0.260 e. The zero-order valence-electron chi connectivity index (χ0n) is 11.3. The van der Waals surface area contributed by atoms with Crippen molar-refractivity contribution in [2.75, 3.05) is 5.32 Å². The van der Waals surface area contributed by atoms with E-state index in [0.717, 1.165) is 5.56 Å². The number of halogens is 2. The minimum Gasteiger partial charge on any atom is -0.354 e. The molecule has 1 aliphatic heterocycles. The first kappa shape index (κ1) is 14.9. The first-order valence-electron chi connectivity index (χ1n) is 6.58. The van der Waals surface area contributed by atoms with Crippen LogP contribution in [0.25, 0.3) is 6.08 Å². The van der Waals surface area contributed by atoms with Crippen LogP contribution in [0.15, 0.2) is 53.4 Å². The van der Waals surface area contributed by atoms with Crippen molar-refractivity contribution in [3.05, 3.63) is 69.8 Å². The van der Waals surface area contributed by atoms with Crippen molar-refractivity contribution in [2.24, 2.45) is 0 Å². The number of rotatable bonds is 3. The van der Waals surface area contributed by atoms with Gasteiger partial charge in [-0.3, -0.25) is 4.79 Å². The maximum absolute atomic E-state index is 13.6. The molecule has 1 fully saturated rings. The van der Waals surface area contributed by atoms with Crippen molar-refractivity contribution < 1.29 is 9.18 Å². The summed E-state index contributed by atoms with van der Waals surface area (Å²) >= 11 is 7.38. The fourth-order valence-corrected chi connectivity index (χ4v) is 3.18. The van der Waals surface area contributed by atoms with E-state index < -0.39 is 5.50 Å². The zero-order valence-corrected chi connectivity index (χ0v) is 12.9. The minimum atomic E-state index is -0.418. The number of thioether (sulfide) groups is 1. The van der Waals surface area contributed by atoms with Gasteiger partial charge in [-0.15, -0.1) is 0 Å². The monoisotopic (exact) mass is 334 g/mol. The standard InChI is InChI=1S/C16H12ClFN2OS/c17-11-6-2-1-5-10(11)9-14-15(21)20-16(22-14)19-13-8-4-3-7-12(13)18/h1-9,16,19H,(H,20,21)/b14-9-. The highest BCUT2D eigenvalue weighted by atomic mass is 35.5. The van der Waals surface area contributed by atoms with E-state index in [1.54, 1.807) is 30.3 Å². The number of nitrogens with one attached hydrogen (secondary N) is 2. The van der Waals surface area contributed by atoms with E-state index in [0.29, 0.717) is 15.6 Å². The van der Waals surface area contributed by atoms with E-state index in [4.69, 9.17) is 11.6 Å². The predicted molar refractivity (Wildman–Crippen MR) is 89.0 cm³/mol. The van der Waals surface area contributed by atoms with Crippen LogP contribution >= 0.6 is 23.4 Å². The lowest BCUT2D eigenvalue weighted by Crippen LogP contribution is -2.31. The molecule has 0 saturated carbocycles. The molecule has 1 heterocycles. The minimum absolute atomic E-state index is 0.209. The van der Waals surface area contributed by atoms with Crippen molar-refractivity contribution in [1.29, 1.82) is 0 Å². The number of hydrogen-bond donors (Lipinski definition) is 2. The molecule has 0 spiro atoms. The van der Waals surface area contributed by atoms with E-state index in [-0.39, 0.29) is 11.7 Å². The Morgan fingerprint density at radius 2 is 1.91 bits per heavy atom. The van der Waals surface area contributed by atoms with Crippen LogP contribution in [0.2, 0.25) is 5.02 Å². The number of carbonyl (C=O) groups excluding carboxylic acids is 1. The molecule has 0 aromatic heterocycles. The van der Waals surface area contributed by atoms with E-state index in [1.165, 1.54) is 17.8 Å². The van der Waals surface area contributed by atoms with Crippen LogP contribution in [0, 0.1) is 5.82 Å². The van der Waals surface area contributed by atoms with Gasteiger partial charge in [-0.05, 0) is 29.8 Å². The summed E-state index contributed by atoms with van der Waals surface area (Å²) in [6, 6.07) is 13.6. The van der Waals surface area contributed by atoms with Gasteiger partial charge >= 0.3 is 0 Å². The Labute approximate surface area is 136 Å². The highest BCUT2D eigenvalue weighted by molar-refractivity contribution is 8.05. The third-order valence-electron chi connectivity index (χ3n) is 3.08. The average molecular weight is 335 g/mol. The molecule has 112 valence electrons. The second-order valence-corrected chi connectivity index (χ2v) is 6.18. The summed E-state index contributed by atoms with van der Waals surface area (Å²) in [6.07, 6.45) is 1.73. The molecule has 1 saturated heterocycles. The Morgan fingerprint density at radius 3 is 2.68 bits per heavy atom. The maximum atomic E-state index is 13.6. The molecule has 0 aliphatic carbocycles. The van der Waals surface area contributed by atoms with Crippen molar-refractivity contribution in [1.82, 2.24) is 5.32 Å². The van der Waals surface area contributed by atoms with Gasteiger partial charge in [0.25, 0.3) is 5.91 Å². The largest absolute Gasteiger partial charge is 0.354 e. The Bertz CT molecular complexity index is 750. The highest BCUT2D eigenvalue weighted by Crippen LogP contribution is 2.31. The van der Waals surface area contributed by atoms with Crippen LogP contribution in [0.4, 0.5) is 10.1 Å². The highest BCUT2D eigenvalue weighted by Gasteiger charge is 2.27. The molecular weight excluding hydrogens is 323 g/mol. The molecule has 1 atom stereocenters. The van der Waals surface area contributed by atoms with Gasteiger partial charge in [0.1, 0.15) is 5.82 Å². The Morgan fingerprint density at radius 1 is 1.18 bits per heavy atom. The molecule has 1 amide bonds. The molecule has 3 rings (SSSR count). The van der Waals surface area contributed by atoms with Crippen LogP contribution in [0.1, 0.15) is 5.56 Å². The molecule has 3 nitrogen and oxygen atoms in total. The third kappa shape index (κ3) is 3.26. The fraction of sp³-hybridized carbons (Fsp3) is 0.0625. The summed E-state index contributed by atoms with van der Waals surface area (Å²) in [6.45, 7) is 0. The molecule has 22 heavy (non-hydrogen) atoms. The zero-order chi connectivity index (χ0) is 15.5. The van der Waals surface area contributed by atoms with Crippen LogP contribution in [-0.2, 0) is 4.79 Å². The van der Waals surface area contributed by atoms with Gasteiger partial charge in [-0.25, -0.2) is 4.39 Å². The van der Waals surface area contributed by atoms with E-state index in [9.17, 15) is 9.18 Å². The number of amides is 1. The van der Waals surface area contributed by atoms with E-state index in [1.807, 2.05) is 18.2 Å². The molecule has 2 aromatic carbocycles. The average Bonchev–Trinajstić information content (AvgIpc) is 2.84. The summed E-state index contributed by atoms with van der Waals surface area (Å²) in [5.41, 5.74) is 0.700. The lowest BCUT2D eigenvalue weighted by atomic mass is 10.2.